The first-order valence-corrected chi connectivity index (χ1v) is 7.85. The van der Waals surface area contributed by atoms with Gasteiger partial charge in [0.25, 0.3) is 0 Å². The molecule has 3 N–H and O–H groups in total. The molecule has 0 radical (unpaired) electrons. The van der Waals surface area contributed by atoms with Gasteiger partial charge in [0.1, 0.15) is 0 Å². The Hall–Kier alpha value is -1.10. The standard InChI is InChI=1S/C16H26ClN3O/c1-4-10-19-15(21)11-20(3)16(14(18)5-2)12-6-8-13(17)9-7-12/h6-9,14,16H,4-5,10-11,18H2,1-3H3,(H,19,21). The lowest BCUT2D eigenvalue weighted by atomic mass is 9.96. The van der Waals surface area contributed by atoms with E-state index in [1.807, 2.05) is 43.1 Å². The molecular formula is C16H26ClN3O. The molecule has 1 rings (SSSR count). The summed E-state index contributed by atoms with van der Waals surface area (Å²) in [5.41, 5.74) is 7.34. The van der Waals surface area contributed by atoms with E-state index in [4.69, 9.17) is 17.3 Å². The number of halogens is 1. The molecule has 0 saturated carbocycles. The average molecular weight is 312 g/mol. The van der Waals surface area contributed by atoms with Gasteiger partial charge in [0.05, 0.1) is 12.6 Å². The van der Waals surface area contributed by atoms with Crippen LogP contribution in [-0.4, -0.2) is 37.0 Å². The molecule has 0 aromatic heterocycles. The third-order valence-corrected chi connectivity index (χ3v) is 3.78. The van der Waals surface area contributed by atoms with E-state index in [0.717, 1.165) is 18.4 Å². The van der Waals surface area contributed by atoms with Gasteiger partial charge in [-0.15, -0.1) is 0 Å². The topological polar surface area (TPSA) is 58.4 Å². The highest BCUT2D eigenvalue weighted by Crippen LogP contribution is 2.25. The van der Waals surface area contributed by atoms with Crippen LogP contribution in [0.25, 0.3) is 0 Å². The lowest BCUT2D eigenvalue weighted by Crippen LogP contribution is -2.43. The molecule has 5 heteroatoms. The number of amides is 1. The van der Waals surface area contributed by atoms with Gasteiger partial charge < -0.3 is 11.1 Å². The number of likely N-dealkylation sites (N-methyl/N-ethyl adjacent to an activating group) is 1. The normalized spacial score (nSPS) is 14.0. The maximum Gasteiger partial charge on any atom is 0.234 e. The summed E-state index contributed by atoms with van der Waals surface area (Å²) < 4.78 is 0. The highest BCUT2D eigenvalue weighted by atomic mass is 35.5. The second kappa shape index (κ2) is 9.03. The maximum atomic E-state index is 11.9. The summed E-state index contributed by atoms with van der Waals surface area (Å²) in [6.45, 7) is 5.13. The Morgan fingerprint density at radius 1 is 1.33 bits per heavy atom. The zero-order chi connectivity index (χ0) is 15.8. The van der Waals surface area contributed by atoms with Crippen molar-refractivity contribution in [1.29, 1.82) is 0 Å². The average Bonchev–Trinajstić information content (AvgIpc) is 2.47. The van der Waals surface area contributed by atoms with Crippen LogP contribution in [0.4, 0.5) is 0 Å². The zero-order valence-electron chi connectivity index (χ0n) is 13.1. The van der Waals surface area contributed by atoms with Crippen molar-refractivity contribution in [2.75, 3.05) is 20.1 Å². The molecule has 21 heavy (non-hydrogen) atoms. The number of hydrogen-bond donors (Lipinski definition) is 2. The van der Waals surface area contributed by atoms with Crippen LogP contribution >= 0.6 is 11.6 Å². The van der Waals surface area contributed by atoms with Gasteiger partial charge in [0.15, 0.2) is 0 Å². The minimum Gasteiger partial charge on any atom is -0.355 e. The molecule has 0 fully saturated rings. The van der Waals surface area contributed by atoms with Gasteiger partial charge in [-0.3, -0.25) is 9.69 Å². The third kappa shape index (κ3) is 5.65. The van der Waals surface area contributed by atoms with Crippen molar-refractivity contribution in [3.8, 4) is 0 Å². The molecule has 0 aliphatic rings. The summed E-state index contributed by atoms with van der Waals surface area (Å²) >= 11 is 5.94. The molecule has 0 spiro atoms. The van der Waals surface area contributed by atoms with E-state index in [2.05, 4.69) is 12.2 Å². The smallest absolute Gasteiger partial charge is 0.234 e. The van der Waals surface area contributed by atoms with Gasteiger partial charge >= 0.3 is 0 Å². The Balaban J connectivity index is 2.82. The number of nitrogens with two attached hydrogens (primary N) is 1. The summed E-state index contributed by atoms with van der Waals surface area (Å²) in [4.78, 5) is 13.9. The Morgan fingerprint density at radius 3 is 2.48 bits per heavy atom. The summed E-state index contributed by atoms with van der Waals surface area (Å²) in [5.74, 6) is 0.0293. The summed E-state index contributed by atoms with van der Waals surface area (Å²) in [5, 5.41) is 3.59. The monoisotopic (exact) mass is 311 g/mol. The molecule has 2 atom stereocenters. The zero-order valence-corrected chi connectivity index (χ0v) is 13.9. The maximum absolute atomic E-state index is 11.9. The number of hydrogen-bond acceptors (Lipinski definition) is 3. The van der Waals surface area contributed by atoms with Crippen molar-refractivity contribution in [2.45, 2.75) is 38.8 Å². The van der Waals surface area contributed by atoms with Gasteiger partial charge in [-0.1, -0.05) is 37.6 Å². The molecule has 2 unspecified atom stereocenters. The molecule has 1 amide bonds. The molecule has 0 saturated heterocycles. The predicted octanol–water partition coefficient (Wildman–Crippen LogP) is 2.58. The molecule has 0 bridgehead atoms. The van der Waals surface area contributed by atoms with Crippen LogP contribution in [0.1, 0.15) is 38.3 Å². The first-order chi connectivity index (χ1) is 9.99. The molecule has 118 valence electrons. The number of carbonyl (C=O) groups excluding carboxylic acids is 1. The van der Waals surface area contributed by atoms with Gasteiger partial charge in [-0.2, -0.15) is 0 Å². The van der Waals surface area contributed by atoms with E-state index in [0.29, 0.717) is 18.1 Å². The summed E-state index contributed by atoms with van der Waals surface area (Å²) in [6, 6.07) is 7.63. The first-order valence-electron chi connectivity index (χ1n) is 7.47. The van der Waals surface area contributed by atoms with Crippen molar-refractivity contribution >= 4 is 17.5 Å². The molecule has 0 aliphatic heterocycles. The van der Waals surface area contributed by atoms with Gasteiger partial charge in [-0.05, 0) is 37.6 Å². The lowest BCUT2D eigenvalue weighted by molar-refractivity contribution is -0.122. The minimum absolute atomic E-state index is 0.000330. The van der Waals surface area contributed by atoms with Crippen LogP contribution in [0.2, 0.25) is 5.02 Å². The van der Waals surface area contributed by atoms with E-state index in [-0.39, 0.29) is 18.0 Å². The molecule has 1 aromatic carbocycles. The highest BCUT2D eigenvalue weighted by Gasteiger charge is 2.24. The molecule has 4 nitrogen and oxygen atoms in total. The van der Waals surface area contributed by atoms with Crippen molar-refractivity contribution in [1.82, 2.24) is 10.2 Å². The Bertz CT molecular complexity index is 436. The van der Waals surface area contributed by atoms with Crippen LogP contribution in [0.3, 0.4) is 0 Å². The second-order valence-electron chi connectivity index (χ2n) is 5.33. The van der Waals surface area contributed by atoms with Crippen LogP contribution in [0.5, 0.6) is 0 Å². The number of carbonyl (C=O) groups is 1. The van der Waals surface area contributed by atoms with E-state index < -0.39 is 0 Å². The fraction of sp³-hybridized carbons (Fsp3) is 0.562. The van der Waals surface area contributed by atoms with Gasteiger partial charge in [-0.25, -0.2) is 0 Å². The fourth-order valence-corrected chi connectivity index (χ4v) is 2.48. The SMILES string of the molecule is CCCNC(=O)CN(C)C(c1ccc(Cl)cc1)C(N)CC. The highest BCUT2D eigenvalue weighted by molar-refractivity contribution is 6.30. The molecule has 0 aliphatic carbocycles. The lowest BCUT2D eigenvalue weighted by Gasteiger charge is -2.32. The van der Waals surface area contributed by atoms with E-state index >= 15 is 0 Å². The quantitative estimate of drug-likeness (QED) is 0.776. The summed E-state index contributed by atoms with van der Waals surface area (Å²) in [7, 11) is 1.93. The van der Waals surface area contributed by atoms with E-state index in [9.17, 15) is 4.79 Å². The number of nitrogens with one attached hydrogen (secondary N) is 1. The summed E-state index contributed by atoms with van der Waals surface area (Å²) in [6.07, 6.45) is 1.78. The third-order valence-electron chi connectivity index (χ3n) is 3.53. The number of nitrogens with zero attached hydrogens (tertiary/aromatic N) is 1. The molecule has 1 aromatic rings. The number of benzene rings is 1. The van der Waals surface area contributed by atoms with Crippen molar-refractivity contribution in [2.24, 2.45) is 5.73 Å². The minimum atomic E-state index is -0.0323. The Labute approximate surface area is 132 Å². The van der Waals surface area contributed by atoms with Gasteiger partial charge in [0.2, 0.25) is 5.91 Å². The molecule has 0 heterocycles. The van der Waals surface area contributed by atoms with Crippen LogP contribution in [0.15, 0.2) is 24.3 Å². The second-order valence-corrected chi connectivity index (χ2v) is 5.77. The van der Waals surface area contributed by atoms with Crippen molar-refractivity contribution in [3.05, 3.63) is 34.9 Å². The number of rotatable bonds is 8. The van der Waals surface area contributed by atoms with Crippen LogP contribution in [-0.2, 0) is 4.79 Å². The predicted molar refractivity (Wildman–Crippen MR) is 88.4 cm³/mol. The van der Waals surface area contributed by atoms with Crippen LogP contribution in [0, 0.1) is 0 Å². The molecular weight excluding hydrogens is 286 g/mol. The van der Waals surface area contributed by atoms with Crippen molar-refractivity contribution < 1.29 is 4.79 Å². The Kier molecular flexibility index (Phi) is 7.72. The van der Waals surface area contributed by atoms with E-state index in [1.165, 1.54) is 0 Å². The van der Waals surface area contributed by atoms with Crippen LogP contribution < -0.4 is 11.1 Å². The Morgan fingerprint density at radius 2 is 1.95 bits per heavy atom. The largest absolute Gasteiger partial charge is 0.355 e. The fourth-order valence-electron chi connectivity index (χ4n) is 2.36. The van der Waals surface area contributed by atoms with Crippen molar-refractivity contribution in [3.63, 3.8) is 0 Å². The van der Waals surface area contributed by atoms with E-state index in [1.54, 1.807) is 0 Å². The van der Waals surface area contributed by atoms with Gasteiger partial charge in [0, 0.05) is 17.6 Å². The first kappa shape index (κ1) is 18.0.